The quantitative estimate of drug-likeness (QED) is 0.188. The summed E-state index contributed by atoms with van der Waals surface area (Å²) in [7, 11) is 0. The van der Waals surface area contributed by atoms with Crippen LogP contribution in [0.3, 0.4) is 0 Å². The van der Waals surface area contributed by atoms with Crippen LogP contribution in [0.25, 0.3) is 36.7 Å². The van der Waals surface area contributed by atoms with Crippen molar-refractivity contribution in [3.63, 3.8) is 0 Å². The van der Waals surface area contributed by atoms with E-state index in [1.807, 2.05) is 0 Å². The van der Waals surface area contributed by atoms with E-state index in [1.165, 1.54) is 116 Å². The number of rotatable bonds is 7. The average molecular weight is 848 g/mol. The number of hydrogen-bond donors (Lipinski definition) is 0. The Morgan fingerprint density at radius 2 is 1.09 bits per heavy atom. The zero-order valence-electron chi connectivity index (χ0n) is 33.3. The van der Waals surface area contributed by atoms with E-state index in [0.29, 0.717) is 0 Å². The molecule has 6 aromatic carbocycles. The molecule has 2 aliphatic carbocycles. The van der Waals surface area contributed by atoms with E-state index in [0.717, 1.165) is 19.3 Å². The van der Waals surface area contributed by atoms with Crippen molar-refractivity contribution in [2.24, 2.45) is 0 Å². The molecule has 56 heavy (non-hydrogen) atoms. The smallest absolute Gasteiger partial charge is 1.00 e. The normalized spacial score (nSPS) is 13.1. The molecule has 0 unspecified atom stereocenters. The van der Waals surface area contributed by atoms with Gasteiger partial charge in [0, 0.05) is 0 Å². The maximum Gasteiger partial charge on any atom is -1.00 e. The second-order valence-electron chi connectivity index (χ2n) is 17.1. The van der Waals surface area contributed by atoms with Gasteiger partial charge in [0.1, 0.15) is 0 Å². The van der Waals surface area contributed by atoms with Crippen LogP contribution in [-0.4, -0.2) is 0 Å². The molecule has 0 fully saturated rings. The minimum absolute atomic E-state index is 0. The molecule has 0 saturated carbocycles. The third-order valence-electron chi connectivity index (χ3n) is 11.1. The molecular formula is C53H49Cl2Zr. The molecule has 2 aliphatic rings. The molecule has 3 heteroatoms. The maximum absolute atomic E-state index is 2.60. The first kappa shape index (κ1) is 41.6. The molecule has 0 N–H and O–H groups in total. The second-order valence-corrected chi connectivity index (χ2v) is 18.3. The van der Waals surface area contributed by atoms with Gasteiger partial charge in [0.15, 0.2) is 0 Å². The number of fused-ring (bicyclic) bond motifs is 2. The van der Waals surface area contributed by atoms with Crippen LogP contribution in [0.2, 0.25) is 0 Å². The molecule has 0 atom stereocenters. The summed E-state index contributed by atoms with van der Waals surface area (Å²) in [5, 5.41) is 5.68. The van der Waals surface area contributed by atoms with Gasteiger partial charge in [-0.1, -0.05) is 0 Å². The van der Waals surface area contributed by atoms with Crippen molar-refractivity contribution in [3.8, 4) is 22.3 Å². The Morgan fingerprint density at radius 1 is 0.571 bits per heavy atom. The molecule has 0 saturated heterocycles. The fraction of sp³-hybridized carbons (Fsp3) is 0.208. The third kappa shape index (κ3) is 7.94. The monoisotopic (exact) mass is 845 g/mol. The standard InChI is InChI=1S/C53H49.2ClH.Zr/c1-52(2,3)46-35-44-41(33-43(46)38-25-15-9-16-26-38)34-45-47(39-29-19-20-30-39)48(40-27-17-10-18-28-40)51(53(4,5)6)49(50(44)45)42(31-36-21-11-7-12-22-36)32-37-23-13-8-14-24-37;;;/h7-29,33,35H,30-32H2,1-6H3;2*1H;/q;;;+2/p-2. The van der Waals surface area contributed by atoms with Crippen LogP contribution in [-0.2, 0) is 48.4 Å². The third-order valence-corrected chi connectivity index (χ3v) is 12.4. The predicted octanol–water partition coefficient (Wildman–Crippen LogP) is 5.91. The van der Waals surface area contributed by atoms with Crippen molar-refractivity contribution >= 4 is 14.4 Å². The molecule has 0 amide bonds. The molecule has 8 rings (SSSR count). The van der Waals surface area contributed by atoms with Crippen molar-refractivity contribution in [1.82, 2.24) is 0 Å². The van der Waals surface area contributed by atoms with E-state index in [-0.39, 0.29) is 35.6 Å². The summed E-state index contributed by atoms with van der Waals surface area (Å²) in [6.07, 6.45) is 9.70. The Morgan fingerprint density at radius 3 is 1.57 bits per heavy atom. The Kier molecular flexibility index (Phi) is 12.5. The summed E-state index contributed by atoms with van der Waals surface area (Å²) in [6, 6.07) is 49.8. The molecule has 0 nitrogen and oxygen atoms in total. The van der Waals surface area contributed by atoms with Crippen molar-refractivity contribution in [2.75, 3.05) is 0 Å². The average Bonchev–Trinajstić information content (AvgIpc) is 3.81. The minimum Gasteiger partial charge on any atom is -1.00 e. The first-order valence-corrected chi connectivity index (χ1v) is 20.7. The van der Waals surface area contributed by atoms with Crippen molar-refractivity contribution in [2.45, 2.75) is 71.6 Å². The molecule has 0 radical (unpaired) electrons. The van der Waals surface area contributed by atoms with Gasteiger partial charge in [0.25, 0.3) is 0 Å². The Labute approximate surface area is 361 Å². The van der Waals surface area contributed by atoms with Crippen LogP contribution in [0.4, 0.5) is 0 Å². The van der Waals surface area contributed by atoms with Gasteiger partial charge < -0.3 is 24.8 Å². The fourth-order valence-electron chi connectivity index (χ4n) is 8.77. The molecule has 0 heterocycles. The van der Waals surface area contributed by atoms with E-state index in [1.54, 1.807) is 0 Å². The van der Waals surface area contributed by atoms with Gasteiger partial charge in [-0.25, -0.2) is 0 Å². The summed E-state index contributed by atoms with van der Waals surface area (Å²) < 4.78 is 1.46. The van der Waals surface area contributed by atoms with Crippen LogP contribution in [0, 0.1) is 10.4 Å². The summed E-state index contributed by atoms with van der Waals surface area (Å²) in [4.78, 5) is 0. The van der Waals surface area contributed by atoms with E-state index in [9.17, 15) is 0 Å². The second kappa shape index (κ2) is 16.8. The van der Waals surface area contributed by atoms with Gasteiger partial charge in [-0.05, 0) is 0 Å². The van der Waals surface area contributed by atoms with Crippen molar-refractivity contribution < 1.29 is 49.5 Å². The summed E-state index contributed by atoms with van der Waals surface area (Å²) >= 11 is 1.44. The summed E-state index contributed by atoms with van der Waals surface area (Å²) in [5.41, 5.74) is 16.5. The van der Waals surface area contributed by atoms with Crippen LogP contribution in [0.1, 0.15) is 81.3 Å². The van der Waals surface area contributed by atoms with E-state index in [2.05, 4.69) is 193 Å². The Bertz CT molecular complexity index is 2620. The number of allylic oxidation sites excluding steroid dienone is 4. The van der Waals surface area contributed by atoms with Gasteiger partial charge in [0.2, 0.25) is 0 Å². The predicted molar refractivity (Wildman–Crippen MR) is 226 cm³/mol. The molecule has 6 aromatic rings. The summed E-state index contributed by atoms with van der Waals surface area (Å²) in [5.74, 6) is 0. The van der Waals surface area contributed by atoms with Gasteiger partial charge in [0.05, 0.1) is 0 Å². The van der Waals surface area contributed by atoms with Gasteiger partial charge >= 0.3 is 339 Å². The Hall–Kier alpha value is -4.00. The molecule has 0 bridgehead atoms. The number of halogens is 2. The maximum atomic E-state index is 2.60. The molecular weight excluding hydrogens is 799 g/mol. The van der Waals surface area contributed by atoms with E-state index >= 15 is 0 Å². The summed E-state index contributed by atoms with van der Waals surface area (Å²) in [6.45, 7) is 14.5. The molecule has 279 valence electrons. The van der Waals surface area contributed by atoms with Crippen molar-refractivity contribution in [1.29, 1.82) is 0 Å². The van der Waals surface area contributed by atoms with Gasteiger partial charge in [-0.2, -0.15) is 0 Å². The number of benzene rings is 6. The van der Waals surface area contributed by atoms with Gasteiger partial charge in [-0.3, -0.25) is 0 Å². The minimum atomic E-state index is -0.156. The van der Waals surface area contributed by atoms with Crippen LogP contribution in [0.5, 0.6) is 0 Å². The fourth-order valence-corrected chi connectivity index (χ4v) is 9.89. The first-order chi connectivity index (χ1) is 26.0. The molecule has 0 aromatic heterocycles. The SMILES string of the molecule is CC(C)(C)c1cc2c(cc1-c1ccccc1)=[C]([Zr+2])c1c(C3=CC=CC3)c(-c3ccccc3)c(C(C)(C)C)c(=C(Cc3ccccc3)Cc3ccccc3)c1=2.[Cl-].[Cl-]. The molecule has 0 spiro atoms. The zero-order valence-corrected chi connectivity index (χ0v) is 37.3. The van der Waals surface area contributed by atoms with Crippen LogP contribution < -0.4 is 35.3 Å². The van der Waals surface area contributed by atoms with Crippen LogP contribution in [0.15, 0.2) is 152 Å². The van der Waals surface area contributed by atoms with Crippen LogP contribution >= 0.6 is 0 Å². The number of hydrogen-bond acceptors (Lipinski definition) is 0. The van der Waals surface area contributed by atoms with Crippen molar-refractivity contribution in [3.05, 3.63) is 206 Å². The Balaban J connectivity index is 0.00000266. The molecule has 0 aliphatic heterocycles. The van der Waals surface area contributed by atoms with E-state index < -0.39 is 0 Å². The topological polar surface area (TPSA) is 0 Å². The van der Waals surface area contributed by atoms with E-state index in [4.69, 9.17) is 0 Å². The largest absolute Gasteiger partial charge is 1.00 e. The van der Waals surface area contributed by atoms with Gasteiger partial charge in [-0.15, -0.1) is 0 Å². The zero-order chi connectivity index (χ0) is 37.6. The first-order valence-electron chi connectivity index (χ1n) is 19.4.